The topological polar surface area (TPSA) is 72.7 Å². The second-order valence-electron chi connectivity index (χ2n) is 6.58. The Balaban J connectivity index is 1.89. The van der Waals surface area contributed by atoms with Crippen molar-refractivity contribution in [2.75, 3.05) is 33.4 Å². The number of benzene rings is 1. The summed E-state index contributed by atoms with van der Waals surface area (Å²) >= 11 is 0. The number of hydrogen-bond donors (Lipinski definition) is 2. The summed E-state index contributed by atoms with van der Waals surface area (Å²) in [6.07, 6.45) is 7.48. The zero-order valence-corrected chi connectivity index (χ0v) is 17.3. The summed E-state index contributed by atoms with van der Waals surface area (Å²) < 4.78 is 13.1. The molecule has 2 rings (SSSR count). The van der Waals surface area contributed by atoms with Gasteiger partial charge in [-0.15, -0.1) is 0 Å². The van der Waals surface area contributed by atoms with Gasteiger partial charge in [0.25, 0.3) is 0 Å². The molecule has 0 amide bonds. The van der Waals surface area contributed by atoms with Crippen LogP contribution in [0.15, 0.2) is 41.9 Å². The third-order valence-corrected chi connectivity index (χ3v) is 4.17. The fraction of sp³-hybridized carbons (Fsp3) is 0.524. The summed E-state index contributed by atoms with van der Waals surface area (Å²) in [5.41, 5.74) is 2.26. The molecule has 0 aliphatic rings. The summed E-state index contributed by atoms with van der Waals surface area (Å²) in [5.74, 6) is 1.72. The highest BCUT2D eigenvalue weighted by Gasteiger charge is 2.05. The average Bonchev–Trinajstić information content (AvgIpc) is 3.21. The summed E-state index contributed by atoms with van der Waals surface area (Å²) in [7, 11) is 1.71. The molecule has 2 N–H and O–H groups in total. The molecular formula is C21H33N5O2. The minimum atomic E-state index is 0.566. The van der Waals surface area contributed by atoms with Gasteiger partial charge in [0.05, 0.1) is 19.5 Å². The van der Waals surface area contributed by atoms with Crippen molar-refractivity contribution in [2.24, 2.45) is 4.99 Å². The van der Waals surface area contributed by atoms with Crippen LogP contribution in [0.3, 0.4) is 0 Å². The number of rotatable bonds is 12. The number of imidazole rings is 1. The fourth-order valence-electron chi connectivity index (χ4n) is 2.71. The third kappa shape index (κ3) is 8.00. The minimum Gasteiger partial charge on any atom is -0.493 e. The number of ether oxygens (including phenoxy) is 2. The lowest BCUT2D eigenvalue weighted by atomic mass is 10.1. The summed E-state index contributed by atoms with van der Waals surface area (Å²) in [6, 6.07) is 6.26. The lowest BCUT2D eigenvalue weighted by Crippen LogP contribution is -2.38. The van der Waals surface area contributed by atoms with Crippen LogP contribution in [0.5, 0.6) is 5.75 Å². The van der Waals surface area contributed by atoms with Gasteiger partial charge in [0, 0.05) is 57.7 Å². The van der Waals surface area contributed by atoms with E-state index >= 15 is 0 Å². The standard InChI is InChI=1S/C21H33N5O2/c1-4-23-21(24-9-5-11-26-12-10-22-17-26)25-16-19-8-7-18(2)15-20(19)28-14-6-13-27-3/h7-8,10,12,15,17H,4-6,9,11,13-14,16H2,1-3H3,(H2,23,24,25). The zero-order valence-electron chi connectivity index (χ0n) is 17.3. The number of aliphatic imine (C=N–C) groups is 1. The molecule has 7 nitrogen and oxygen atoms in total. The Bertz CT molecular complexity index is 701. The molecule has 0 bridgehead atoms. The van der Waals surface area contributed by atoms with E-state index in [9.17, 15) is 0 Å². The first kappa shape index (κ1) is 21.8. The van der Waals surface area contributed by atoms with Crippen LogP contribution in [0, 0.1) is 6.92 Å². The Hall–Kier alpha value is -2.54. The number of guanidine groups is 1. The third-order valence-electron chi connectivity index (χ3n) is 4.17. The maximum absolute atomic E-state index is 5.95. The average molecular weight is 388 g/mol. The maximum atomic E-state index is 5.95. The normalized spacial score (nSPS) is 11.5. The second-order valence-corrected chi connectivity index (χ2v) is 6.58. The van der Waals surface area contributed by atoms with Crippen molar-refractivity contribution in [1.29, 1.82) is 0 Å². The van der Waals surface area contributed by atoms with Crippen LogP contribution in [-0.4, -0.2) is 48.9 Å². The van der Waals surface area contributed by atoms with Crippen LogP contribution in [0.4, 0.5) is 0 Å². The highest BCUT2D eigenvalue weighted by Crippen LogP contribution is 2.21. The SMILES string of the molecule is CCNC(=NCc1ccc(C)cc1OCCCOC)NCCCn1ccnc1. The smallest absolute Gasteiger partial charge is 0.191 e. The first-order chi connectivity index (χ1) is 13.7. The van der Waals surface area contributed by atoms with Gasteiger partial charge in [-0.05, 0) is 31.9 Å². The molecule has 7 heteroatoms. The van der Waals surface area contributed by atoms with E-state index in [-0.39, 0.29) is 0 Å². The molecule has 2 aromatic rings. The van der Waals surface area contributed by atoms with Crippen LogP contribution in [-0.2, 0) is 17.8 Å². The second kappa shape index (κ2) is 12.8. The Morgan fingerprint density at radius 2 is 2.11 bits per heavy atom. The number of hydrogen-bond acceptors (Lipinski definition) is 4. The van der Waals surface area contributed by atoms with Crippen molar-refractivity contribution in [3.63, 3.8) is 0 Å². The van der Waals surface area contributed by atoms with E-state index in [2.05, 4.69) is 52.2 Å². The lowest BCUT2D eigenvalue weighted by molar-refractivity contribution is 0.172. The quantitative estimate of drug-likeness (QED) is 0.333. The van der Waals surface area contributed by atoms with E-state index in [1.54, 1.807) is 13.3 Å². The van der Waals surface area contributed by atoms with Crippen LogP contribution in [0.25, 0.3) is 0 Å². The van der Waals surface area contributed by atoms with Crippen molar-refractivity contribution in [3.8, 4) is 5.75 Å². The van der Waals surface area contributed by atoms with Crippen molar-refractivity contribution < 1.29 is 9.47 Å². The van der Waals surface area contributed by atoms with Gasteiger partial charge in [0.15, 0.2) is 5.96 Å². The van der Waals surface area contributed by atoms with Gasteiger partial charge in [0.2, 0.25) is 0 Å². The number of aromatic nitrogens is 2. The van der Waals surface area contributed by atoms with Gasteiger partial charge in [-0.1, -0.05) is 12.1 Å². The van der Waals surface area contributed by atoms with Crippen molar-refractivity contribution >= 4 is 5.96 Å². The van der Waals surface area contributed by atoms with Gasteiger partial charge in [-0.25, -0.2) is 9.98 Å². The van der Waals surface area contributed by atoms with Gasteiger partial charge < -0.3 is 24.7 Å². The molecule has 0 radical (unpaired) electrons. The molecule has 1 aromatic heterocycles. The van der Waals surface area contributed by atoms with E-state index in [1.165, 1.54) is 5.56 Å². The predicted molar refractivity (Wildman–Crippen MR) is 113 cm³/mol. The van der Waals surface area contributed by atoms with Gasteiger partial charge in [-0.3, -0.25) is 0 Å². The zero-order chi connectivity index (χ0) is 20.0. The van der Waals surface area contributed by atoms with Crippen LogP contribution in [0.2, 0.25) is 0 Å². The Morgan fingerprint density at radius 1 is 1.21 bits per heavy atom. The largest absolute Gasteiger partial charge is 0.493 e. The predicted octanol–water partition coefficient (Wildman–Crippen LogP) is 2.75. The van der Waals surface area contributed by atoms with Crippen LogP contribution in [0.1, 0.15) is 30.9 Å². The molecule has 0 aliphatic heterocycles. The molecule has 1 aromatic carbocycles. The van der Waals surface area contributed by atoms with Crippen LogP contribution >= 0.6 is 0 Å². The van der Waals surface area contributed by atoms with E-state index in [0.29, 0.717) is 19.8 Å². The minimum absolute atomic E-state index is 0.566. The van der Waals surface area contributed by atoms with E-state index < -0.39 is 0 Å². The Morgan fingerprint density at radius 3 is 2.86 bits per heavy atom. The van der Waals surface area contributed by atoms with E-state index in [4.69, 9.17) is 14.5 Å². The molecule has 0 saturated carbocycles. The molecule has 0 aliphatic carbocycles. The fourth-order valence-corrected chi connectivity index (χ4v) is 2.71. The highest BCUT2D eigenvalue weighted by atomic mass is 16.5. The molecule has 0 fully saturated rings. The Labute approximate surface area is 168 Å². The lowest BCUT2D eigenvalue weighted by Gasteiger charge is -2.14. The molecule has 0 unspecified atom stereocenters. The summed E-state index contributed by atoms with van der Waals surface area (Å²) in [5, 5.41) is 6.69. The summed E-state index contributed by atoms with van der Waals surface area (Å²) in [4.78, 5) is 8.79. The Kier molecular flexibility index (Phi) is 9.93. The monoisotopic (exact) mass is 387 g/mol. The number of nitrogens with one attached hydrogen (secondary N) is 2. The van der Waals surface area contributed by atoms with E-state index in [1.807, 2.05) is 12.5 Å². The van der Waals surface area contributed by atoms with Gasteiger partial charge >= 0.3 is 0 Å². The molecule has 0 spiro atoms. The molecule has 1 heterocycles. The molecular weight excluding hydrogens is 354 g/mol. The molecule has 154 valence electrons. The number of nitrogens with zero attached hydrogens (tertiary/aromatic N) is 3. The van der Waals surface area contributed by atoms with Crippen molar-refractivity contribution in [1.82, 2.24) is 20.2 Å². The molecule has 28 heavy (non-hydrogen) atoms. The van der Waals surface area contributed by atoms with E-state index in [0.717, 1.165) is 49.7 Å². The maximum Gasteiger partial charge on any atom is 0.191 e. The van der Waals surface area contributed by atoms with Gasteiger partial charge in [0.1, 0.15) is 5.75 Å². The molecule has 0 atom stereocenters. The summed E-state index contributed by atoms with van der Waals surface area (Å²) in [6.45, 7) is 8.65. The van der Waals surface area contributed by atoms with Crippen LogP contribution < -0.4 is 15.4 Å². The number of aryl methyl sites for hydroxylation is 2. The van der Waals surface area contributed by atoms with Gasteiger partial charge in [-0.2, -0.15) is 0 Å². The van der Waals surface area contributed by atoms with Crippen molar-refractivity contribution in [3.05, 3.63) is 48.0 Å². The number of methoxy groups -OCH3 is 1. The highest BCUT2D eigenvalue weighted by molar-refractivity contribution is 5.79. The van der Waals surface area contributed by atoms with Crippen molar-refractivity contribution in [2.45, 2.75) is 39.8 Å². The first-order valence-electron chi connectivity index (χ1n) is 9.92. The first-order valence-corrected chi connectivity index (χ1v) is 9.92. The molecule has 0 saturated heterocycles.